The van der Waals surface area contributed by atoms with E-state index in [9.17, 15) is 0 Å². The van der Waals surface area contributed by atoms with Crippen LogP contribution in [-0.2, 0) is 0 Å². The van der Waals surface area contributed by atoms with Crippen molar-refractivity contribution in [2.45, 2.75) is 45.4 Å². The Morgan fingerprint density at radius 2 is 2.00 bits per heavy atom. The van der Waals surface area contributed by atoms with Gasteiger partial charge in [0.1, 0.15) is 0 Å². The van der Waals surface area contributed by atoms with Crippen LogP contribution >= 0.6 is 0 Å². The van der Waals surface area contributed by atoms with E-state index in [1.807, 2.05) is 6.08 Å². The number of hydrogen-bond donors (Lipinski definition) is 0. The minimum atomic E-state index is 0.877. The van der Waals surface area contributed by atoms with Crippen molar-refractivity contribution in [1.29, 1.82) is 0 Å². The van der Waals surface area contributed by atoms with Crippen molar-refractivity contribution in [1.82, 2.24) is 0 Å². The Balaban J connectivity index is 2.51. The molecule has 1 saturated carbocycles. The average molecular weight is 164 g/mol. The van der Waals surface area contributed by atoms with Crippen molar-refractivity contribution < 1.29 is 0 Å². The van der Waals surface area contributed by atoms with Gasteiger partial charge < -0.3 is 0 Å². The molecule has 0 aliphatic heterocycles. The zero-order valence-corrected chi connectivity index (χ0v) is 8.18. The van der Waals surface area contributed by atoms with Gasteiger partial charge in [-0.15, -0.1) is 0 Å². The van der Waals surface area contributed by atoms with E-state index < -0.39 is 0 Å². The second-order valence-corrected chi connectivity index (χ2v) is 3.67. The summed E-state index contributed by atoms with van der Waals surface area (Å²) < 4.78 is 0. The molecular weight excluding hydrogens is 144 g/mol. The lowest BCUT2D eigenvalue weighted by atomic mass is 9.82. The summed E-state index contributed by atoms with van der Waals surface area (Å²) in [5.74, 6) is 0.877. The topological polar surface area (TPSA) is 0 Å². The first-order valence-corrected chi connectivity index (χ1v) is 5.20. The molecule has 1 fully saturated rings. The van der Waals surface area contributed by atoms with Gasteiger partial charge in [0.25, 0.3) is 0 Å². The molecule has 0 amide bonds. The molecule has 1 aliphatic rings. The number of allylic oxidation sites excluding steroid dienone is 3. The minimum absolute atomic E-state index is 0.877. The van der Waals surface area contributed by atoms with E-state index in [1.54, 1.807) is 5.57 Å². The summed E-state index contributed by atoms with van der Waals surface area (Å²) in [7, 11) is 0. The van der Waals surface area contributed by atoms with E-state index in [1.165, 1.54) is 38.5 Å². The maximum absolute atomic E-state index is 3.77. The van der Waals surface area contributed by atoms with Crippen LogP contribution in [0.2, 0.25) is 0 Å². The predicted octanol–water partition coefficient (Wildman–Crippen LogP) is 4.09. The first-order chi connectivity index (χ1) is 5.88. The van der Waals surface area contributed by atoms with Gasteiger partial charge in [0.2, 0.25) is 0 Å². The highest BCUT2D eigenvalue weighted by Crippen LogP contribution is 2.30. The maximum atomic E-state index is 3.77. The standard InChI is InChI=1S/C12H20/c1-3-8-11(4-2)12-9-6-5-7-10-12/h3,8,12H,1,4-7,9-10H2,2H3/b11-8+. The second kappa shape index (κ2) is 5.18. The Labute approximate surface area is 76.4 Å². The van der Waals surface area contributed by atoms with Crippen molar-refractivity contribution >= 4 is 0 Å². The lowest BCUT2D eigenvalue weighted by molar-refractivity contribution is 0.397. The Morgan fingerprint density at radius 1 is 1.33 bits per heavy atom. The van der Waals surface area contributed by atoms with E-state index in [0.29, 0.717) is 0 Å². The highest BCUT2D eigenvalue weighted by molar-refractivity contribution is 5.13. The van der Waals surface area contributed by atoms with Crippen LogP contribution in [0.25, 0.3) is 0 Å². The van der Waals surface area contributed by atoms with Crippen molar-refractivity contribution in [2.24, 2.45) is 5.92 Å². The van der Waals surface area contributed by atoms with E-state index in [-0.39, 0.29) is 0 Å². The molecule has 0 heterocycles. The van der Waals surface area contributed by atoms with Gasteiger partial charge in [-0.25, -0.2) is 0 Å². The molecule has 0 radical (unpaired) electrons. The fourth-order valence-corrected chi connectivity index (χ4v) is 2.17. The van der Waals surface area contributed by atoms with Crippen LogP contribution in [0.5, 0.6) is 0 Å². The Bertz CT molecular complexity index is 159. The smallest absolute Gasteiger partial charge is 0.0200 e. The third-order valence-electron chi connectivity index (χ3n) is 2.87. The van der Waals surface area contributed by atoms with Crippen LogP contribution in [0.15, 0.2) is 24.3 Å². The van der Waals surface area contributed by atoms with Crippen LogP contribution < -0.4 is 0 Å². The molecule has 0 bridgehead atoms. The van der Waals surface area contributed by atoms with Crippen LogP contribution in [-0.4, -0.2) is 0 Å². The monoisotopic (exact) mass is 164 g/mol. The molecule has 1 aliphatic carbocycles. The largest absolute Gasteiger partial charge is 0.0991 e. The van der Waals surface area contributed by atoms with Crippen molar-refractivity contribution in [3.05, 3.63) is 24.3 Å². The van der Waals surface area contributed by atoms with Gasteiger partial charge in [-0.1, -0.05) is 50.5 Å². The molecule has 0 unspecified atom stereocenters. The summed E-state index contributed by atoms with van der Waals surface area (Å²) in [4.78, 5) is 0. The van der Waals surface area contributed by atoms with Gasteiger partial charge in [-0.2, -0.15) is 0 Å². The van der Waals surface area contributed by atoms with E-state index >= 15 is 0 Å². The van der Waals surface area contributed by atoms with Gasteiger partial charge in [-0.05, 0) is 25.2 Å². The molecule has 0 nitrogen and oxygen atoms in total. The van der Waals surface area contributed by atoms with Gasteiger partial charge in [-0.3, -0.25) is 0 Å². The summed E-state index contributed by atoms with van der Waals surface area (Å²) in [5, 5.41) is 0. The predicted molar refractivity (Wildman–Crippen MR) is 55.1 cm³/mol. The normalized spacial score (nSPS) is 20.9. The molecule has 12 heavy (non-hydrogen) atoms. The van der Waals surface area contributed by atoms with Crippen LogP contribution in [0.1, 0.15) is 45.4 Å². The average Bonchev–Trinajstić information content (AvgIpc) is 2.15. The summed E-state index contributed by atoms with van der Waals surface area (Å²) in [6.45, 7) is 6.02. The molecule has 1 rings (SSSR count). The lowest BCUT2D eigenvalue weighted by Gasteiger charge is -2.23. The van der Waals surface area contributed by atoms with Crippen molar-refractivity contribution in [3.63, 3.8) is 0 Å². The zero-order chi connectivity index (χ0) is 8.81. The molecule has 0 saturated heterocycles. The molecule has 68 valence electrons. The van der Waals surface area contributed by atoms with Gasteiger partial charge in [0.05, 0.1) is 0 Å². The van der Waals surface area contributed by atoms with Crippen LogP contribution in [0.4, 0.5) is 0 Å². The summed E-state index contributed by atoms with van der Waals surface area (Å²) >= 11 is 0. The number of rotatable bonds is 3. The SMILES string of the molecule is C=C/C=C(\CC)C1CCCCC1. The molecule has 0 heteroatoms. The fourth-order valence-electron chi connectivity index (χ4n) is 2.17. The Hall–Kier alpha value is -0.520. The highest BCUT2D eigenvalue weighted by atomic mass is 14.2. The van der Waals surface area contributed by atoms with Gasteiger partial charge >= 0.3 is 0 Å². The molecule has 0 atom stereocenters. The molecule has 0 aromatic carbocycles. The molecule has 0 spiro atoms. The van der Waals surface area contributed by atoms with Gasteiger partial charge in [0.15, 0.2) is 0 Å². The first kappa shape index (κ1) is 9.57. The first-order valence-electron chi connectivity index (χ1n) is 5.20. The van der Waals surface area contributed by atoms with E-state index in [4.69, 9.17) is 0 Å². The third-order valence-corrected chi connectivity index (χ3v) is 2.87. The van der Waals surface area contributed by atoms with Gasteiger partial charge in [0, 0.05) is 0 Å². The summed E-state index contributed by atoms with van der Waals surface area (Å²) in [5.41, 5.74) is 1.62. The molecule has 0 aromatic rings. The van der Waals surface area contributed by atoms with E-state index in [0.717, 1.165) is 5.92 Å². The highest BCUT2D eigenvalue weighted by Gasteiger charge is 2.15. The third kappa shape index (κ3) is 2.51. The van der Waals surface area contributed by atoms with E-state index in [2.05, 4.69) is 19.6 Å². The summed E-state index contributed by atoms with van der Waals surface area (Å²) in [6, 6.07) is 0. The quantitative estimate of drug-likeness (QED) is 0.551. The van der Waals surface area contributed by atoms with Crippen LogP contribution in [0.3, 0.4) is 0 Å². The lowest BCUT2D eigenvalue weighted by Crippen LogP contribution is -2.08. The Kier molecular flexibility index (Phi) is 4.13. The Morgan fingerprint density at radius 3 is 2.50 bits per heavy atom. The molecule has 0 N–H and O–H groups in total. The summed E-state index contributed by atoms with van der Waals surface area (Å²) in [6.07, 6.45) is 12.5. The minimum Gasteiger partial charge on any atom is -0.0991 e. The van der Waals surface area contributed by atoms with Crippen LogP contribution in [0, 0.1) is 5.92 Å². The second-order valence-electron chi connectivity index (χ2n) is 3.67. The van der Waals surface area contributed by atoms with Crippen molar-refractivity contribution in [2.75, 3.05) is 0 Å². The van der Waals surface area contributed by atoms with Crippen molar-refractivity contribution in [3.8, 4) is 0 Å². The number of hydrogen-bond acceptors (Lipinski definition) is 0. The maximum Gasteiger partial charge on any atom is -0.0200 e. The molecule has 0 aromatic heterocycles. The fraction of sp³-hybridized carbons (Fsp3) is 0.667. The molecular formula is C12H20. The zero-order valence-electron chi connectivity index (χ0n) is 8.18.